The van der Waals surface area contributed by atoms with Crippen molar-refractivity contribution in [3.05, 3.63) is 100 Å². The minimum atomic E-state index is -0.165. The molecule has 5 heteroatoms. The molecule has 0 saturated carbocycles. The summed E-state index contributed by atoms with van der Waals surface area (Å²) < 4.78 is 1.57. The van der Waals surface area contributed by atoms with Crippen LogP contribution in [-0.4, -0.2) is 22.5 Å². The molecule has 1 aliphatic heterocycles. The van der Waals surface area contributed by atoms with Crippen LogP contribution in [0, 0.1) is 6.92 Å². The molecule has 30 heavy (non-hydrogen) atoms. The van der Waals surface area contributed by atoms with E-state index in [4.69, 9.17) is 4.98 Å². The molecule has 0 saturated heterocycles. The predicted molar refractivity (Wildman–Crippen MR) is 120 cm³/mol. The topological polar surface area (TPSA) is 55.2 Å². The monoisotopic (exact) mass is 393 g/mol. The second-order valence-corrected chi connectivity index (χ2v) is 7.41. The summed E-state index contributed by atoms with van der Waals surface area (Å²) in [5, 5.41) is 0.537. The molecule has 0 atom stereocenters. The Balaban J connectivity index is 1.83. The van der Waals surface area contributed by atoms with E-state index in [2.05, 4.69) is 0 Å². The Morgan fingerprint density at radius 3 is 2.43 bits per heavy atom. The zero-order chi connectivity index (χ0) is 20.8. The van der Waals surface area contributed by atoms with Gasteiger partial charge in [-0.15, -0.1) is 0 Å². The molecular weight excluding hydrogens is 374 g/mol. The van der Waals surface area contributed by atoms with Crippen molar-refractivity contribution in [1.29, 1.82) is 0 Å². The highest BCUT2D eigenvalue weighted by molar-refractivity contribution is 6.35. The van der Waals surface area contributed by atoms with Crippen LogP contribution in [0.4, 0.5) is 5.69 Å². The van der Waals surface area contributed by atoms with Crippen molar-refractivity contribution in [2.45, 2.75) is 6.92 Å². The number of rotatable bonds is 2. The molecule has 0 spiro atoms. The molecule has 1 amide bonds. The lowest BCUT2D eigenvalue weighted by Gasteiger charge is -2.12. The van der Waals surface area contributed by atoms with E-state index >= 15 is 0 Å². The highest BCUT2D eigenvalue weighted by atomic mass is 16.2. The molecule has 2 heterocycles. The number of aromatic nitrogens is 2. The summed E-state index contributed by atoms with van der Waals surface area (Å²) in [4.78, 5) is 32.8. The maximum absolute atomic E-state index is 13.4. The first kappa shape index (κ1) is 18.1. The Morgan fingerprint density at radius 2 is 1.63 bits per heavy atom. The zero-order valence-corrected chi connectivity index (χ0v) is 16.7. The van der Waals surface area contributed by atoms with Crippen LogP contribution in [-0.2, 0) is 4.79 Å². The van der Waals surface area contributed by atoms with Crippen LogP contribution in [0.1, 0.15) is 17.0 Å². The summed E-state index contributed by atoms with van der Waals surface area (Å²) in [5.41, 5.74) is 4.44. The van der Waals surface area contributed by atoms with Gasteiger partial charge in [0.25, 0.3) is 11.5 Å². The van der Waals surface area contributed by atoms with E-state index in [1.807, 2.05) is 73.7 Å². The number of aryl methyl sites for hydroxylation is 1. The lowest BCUT2D eigenvalue weighted by Crippen LogP contribution is -2.23. The average Bonchev–Trinajstić information content (AvgIpc) is 2.99. The smallest absolute Gasteiger partial charge is 0.266 e. The van der Waals surface area contributed by atoms with Gasteiger partial charge in [-0.2, -0.15) is 0 Å². The molecule has 0 N–H and O–H groups in total. The molecule has 0 radical (unpaired) electrons. The van der Waals surface area contributed by atoms with E-state index in [1.54, 1.807) is 28.7 Å². The third-order valence-corrected chi connectivity index (χ3v) is 5.43. The Labute approximate surface area is 173 Å². The standard InChI is InChI=1S/C25H19N3O2/c1-16-12-13-22-19(14-16)20(24(29)27(22)2)15-23-26-21-11-7-6-10-18(21)25(30)28(23)17-8-4-3-5-9-17/h3-15H,1-2H3. The number of likely N-dealkylation sites (N-methyl/N-ethyl adjacent to an activating group) is 1. The largest absolute Gasteiger partial charge is 0.311 e. The highest BCUT2D eigenvalue weighted by Crippen LogP contribution is 2.37. The van der Waals surface area contributed by atoms with Gasteiger partial charge in [-0.3, -0.25) is 14.2 Å². The Morgan fingerprint density at radius 1 is 0.900 bits per heavy atom. The number of nitrogens with zero attached hydrogens (tertiary/aromatic N) is 3. The van der Waals surface area contributed by atoms with E-state index in [9.17, 15) is 9.59 Å². The summed E-state index contributed by atoms with van der Waals surface area (Å²) in [6, 6.07) is 22.6. The highest BCUT2D eigenvalue weighted by Gasteiger charge is 2.30. The number of benzene rings is 3. The molecule has 5 rings (SSSR count). The molecule has 0 fully saturated rings. The number of carbonyl (C=O) groups is 1. The average molecular weight is 393 g/mol. The van der Waals surface area contributed by atoms with E-state index in [0.717, 1.165) is 16.8 Å². The van der Waals surface area contributed by atoms with Gasteiger partial charge in [0, 0.05) is 12.6 Å². The van der Waals surface area contributed by atoms with E-state index in [1.165, 1.54) is 0 Å². The van der Waals surface area contributed by atoms with Crippen LogP contribution in [0.2, 0.25) is 0 Å². The van der Waals surface area contributed by atoms with Gasteiger partial charge < -0.3 is 4.90 Å². The number of amides is 1. The van der Waals surface area contributed by atoms with Gasteiger partial charge in [0.15, 0.2) is 0 Å². The molecular formula is C25H19N3O2. The van der Waals surface area contributed by atoms with Crippen LogP contribution < -0.4 is 10.5 Å². The first-order valence-corrected chi connectivity index (χ1v) is 9.72. The van der Waals surface area contributed by atoms with Crippen LogP contribution in [0.15, 0.2) is 77.6 Å². The predicted octanol–water partition coefficient (Wildman–Crippen LogP) is 4.21. The van der Waals surface area contributed by atoms with Crippen molar-refractivity contribution < 1.29 is 4.79 Å². The lowest BCUT2D eigenvalue weighted by molar-refractivity contribution is -0.112. The molecule has 3 aromatic carbocycles. The van der Waals surface area contributed by atoms with Gasteiger partial charge in [-0.05, 0) is 49.4 Å². The van der Waals surface area contributed by atoms with Crippen molar-refractivity contribution in [1.82, 2.24) is 9.55 Å². The van der Waals surface area contributed by atoms with E-state index < -0.39 is 0 Å². The van der Waals surface area contributed by atoms with Crippen LogP contribution >= 0.6 is 0 Å². The number of anilines is 1. The fourth-order valence-corrected chi connectivity index (χ4v) is 3.91. The molecule has 4 aromatic rings. The molecule has 0 aliphatic carbocycles. The van der Waals surface area contributed by atoms with Gasteiger partial charge >= 0.3 is 0 Å². The number of fused-ring (bicyclic) bond motifs is 2. The first-order valence-electron chi connectivity index (χ1n) is 9.72. The Bertz CT molecular complexity index is 1400. The fourth-order valence-electron chi connectivity index (χ4n) is 3.91. The molecule has 0 bridgehead atoms. The van der Waals surface area contributed by atoms with Crippen molar-refractivity contribution in [2.75, 3.05) is 11.9 Å². The van der Waals surface area contributed by atoms with Crippen molar-refractivity contribution in [2.24, 2.45) is 0 Å². The second kappa shape index (κ2) is 6.81. The summed E-state index contributed by atoms with van der Waals surface area (Å²) in [6.45, 7) is 1.99. The number of para-hydroxylation sites is 2. The molecule has 5 nitrogen and oxygen atoms in total. The maximum atomic E-state index is 13.4. The van der Waals surface area contributed by atoms with E-state index in [0.29, 0.717) is 28.0 Å². The van der Waals surface area contributed by atoms with E-state index in [-0.39, 0.29) is 11.5 Å². The van der Waals surface area contributed by atoms with Crippen molar-refractivity contribution in [3.63, 3.8) is 0 Å². The maximum Gasteiger partial charge on any atom is 0.266 e. The Hall–Kier alpha value is -3.99. The van der Waals surface area contributed by atoms with Gasteiger partial charge in [0.2, 0.25) is 0 Å². The number of carbonyl (C=O) groups excluding carboxylic acids is 1. The van der Waals surface area contributed by atoms with Crippen molar-refractivity contribution in [3.8, 4) is 5.69 Å². The van der Waals surface area contributed by atoms with Crippen LogP contribution in [0.25, 0.3) is 28.2 Å². The van der Waals surface area contributed by atoms with Crippen LogP contribution in [0.3, 0.4) is 0 Å². The van der Waals surface area contributed by atoms with Gasteiger partial charge in [-0.25, -0.2) is 4.98 Å². The molecule has 0 unspecified atom stereocenters. The second-order valence-electron chi connectivity index (χ2n) is 7.41. The van der Waals surface area contributed by atoms with Crippen LogP contribution in [0.5, 0.6) is 0 Å². The van der Waals surface area contributed by atoms with Gasteiger partial charge in [0.05, 0.1) is 27.9 Å². The Kier molecular flexibility index (Phi) is 4.10. The van der Waals surface area contributed by atoms with Gasteiger partial charge in [-0.1, -0.05) is 42.0 Å². The normalized spacial score (nSPS) is 14.5. The summed E-state index contributed by atoms with van der Waals surface area (Å²) in [7, 11) is 1.76. The SMILES string of the molecule is Cc1ccc2c(c1)C(=Cc1nc3ccccc3c(=O)n1-c1ccccc1)C(=O)N2C. The zero-order valence-electron chi connectivity index (χ0n) is 16.7. The fraction of sp³-hybridized carbons (Fsp3) is 0.0800. The quantitative estimate of drug-likeness (QED) is 0.480. The molecule has 1 aliphatic rings. The van der Waals surface area contributed by atoms with Crippen molar-refractivity contribution >= 4 is 34.1 Å². The third kappa shape index (κ3) is 2.75. The summed E-state index contributed by atoms with van der Waals surface area (Å²) in [5.74, 6) is 0.314. The number of hydrogen-bond acceptors (Lipinski definition) is 3. The van der Waals surface area contributed by atoms with Gasteiger partial charge in [0.1, 0.15) is 5.82 Å². The minimum Gasteiger partial charge on any atom is -0.311 e. The molecule has 146 valence electrons. The number of hydrogen-bond donors (Lipinski definition) is 0. The third-order valence-electron chi connectivity index (χ3n) is 5.43. The lowest BCUT2D eigenvalue weighted by atomic mass is 10.0. The summed E-state index contributed by atoms with van der Waals surface area (Å²) >= 11 is 0. The minimum absolute atomic E-state index is 0.113. The molecule has 1 aromatic heterocycles. The summed E-state index contributed by atoms with van der Waals surface area (Å²) in [6.07, 6.45) is 1.73. The first-order chi connectivity index (χ1) is 14.5.